The van der Waals surface area contributed by atoms with E-state index in [-0.39, 0.29) is 23.1 Å². The summed E-state index contributed by atoms with van der Waals surface area (Å²) in [6.45, 7) is 4.50. The summed E-state index contributed by atoms with van der Waals surface area (Å²) in [5.41, 5.74) is 4.19. The van der Waals surface area contributed by atoms with Crippen LogP contribution in [0.25, 0.3) is 0 Å². The summed E-state index contributed by atoms with van der Waals surface area (Å²) < 4.78 is 0. The quantitative estimate of drug-likeness (QED) is 0.348. The van der Waals surface area contributed by atoms with Crippen LogP contribution in [-0.4, -0.2) is 28.7 Å². The van der Waals surface area contributed by atoms with Crippen molar-refractivity contribution in [1.82, 2.24) is 10.8 Å². The van der Waals surface area contributed by atoms with E-state index in [9.17, 15) is 14.7 Å². The van der Waals surface area contributed by atoms with Gasteiger partial charge in [-0.05, 0) is 54.2 Å². The molecule has 0 atom stereocenters. The van der Waals surface area contributed by atoms with Gasteiger partial charge in [0.15, 0.2) is 0 Å². The van der Waals surface area contributed by atoms with Crippen molar-refractivity contribution in [2.24, 2.45) is 0 Å². The zero-order chi connectivity index (χ0) is 19.1. The number of benzene rings is 2. The fourth-order valence-electron chi connectivity index (χ4n) is 2.62. The summed E-state index contributed by atoms with van der Waals surface area (Å²) in [6.07, 6.45) is 1.35. The van der Waals surface area contributed by atoms with Crippen LogP contribution in [-0.2, 0) is 6.42 Å². The lowest BCUT2D eigenvalue weighted by Crippen LogP contribution is -2.25. The molecule has 0 aliphatic carbocycles. The Morgan fingerprint density at radius 1 is 1.08 bits per heavy atom. The second-order valence-electron chi connectivity index (χ2n) is 6.43. The molecule has 0 aliphatic rings. The lowest BCUT2D eigenvalue weighted by Gasteiger charge is -2.11. The van der Waals surface area contributed by atoms with Gasteiger partial charge in [0.1, 0.15) is 5.75 Å². The van der Waals surface area contributed by atoms with E-state index in [0.29, 0.717) is 24.9 Å². The Morgan fingerprint density at radius 3 is 2.54 bits per heavy atom. The average Bonchev–Trinajstić information content (AvgIpc) is 2.64. The molecule has 2 amide bonds. The highest BCUT2D eigenvalue weighted by Crippen LogP contribution is 2.23. The molecule has 0 fully saturated rings. The van der Waals surface area contributed by atoms with Gasteiger partial charge >= 0.3 is 0 Å². The molecular weight excluding hydrogens is 332 g/mol. The Bertz CT molecular complexity index is 787. The molecular formula is C20H24N2O4. The number of nitrogens with one attached hydrogen (secondary N) is 2. The summed E-state index contributed by atoms with van der Waals surface area (Å²) in [4.78, 5) is 23.7. The van der Waals surface area contributed by atoms with Crippen LogP contribution in [0.4, 0.5) is 0 Å². The van der Waals surface area contributed by atoms with Crippen LogP contribution >= 0.6 is 0 Å². The molecule has 0 aromatic heterocycles. The first-order chi connectivity index (χ1) is 12.4. The van der Waals surface area contributed by atoms with Gasteiger partial charge in [-0.2, -0.15) is 0 Å². The first-order valence-corrected chi connectivity index (χ1v) is 8.57. The number of phenols is 1. The SMILES string of the molecule is CC(C)c1ccc(O)c(C(=O)NCCCc2cccc(C(=O)NO)c2)c1. The molecule has 2 aromatic carbocycles. The fraction of sp³-hybridized carbons (Fsp3) is 0.300. The summed E-state index contributed by atoms with van der Waals surface area (Å²) in [6, 6.07) is 12.0. The van der Waals surface area contributed by atoms with E-state index in [4.69, 9.17) is 5.21 Å². The lowest BCUT2D eigenvalue weighted by atomic mass is 10.00. The average molecular weight is 356 g/mol. The third-order valence-electron chi connectivity index (χ3n) is 4.15. The Balaban J connectivity index is 1.89. The van der Waals surface area contributed by atoms with Crippen molar-refractivity contribution in [3.05, 3.63) is 64.7 Å². The Morgan fingerprint density at radius 2 is 1.85 bits per heavy atom. The molecule has 0 spiro atoms. The van der Waals surface area contributed by atoms with E-state index in [1.807, 2.05) is 26.0 Å². The normalized spacial score (nSPS) is 10.6. The van der Waals surface area contributed by atoms with Gasteiger partial charge in [0.25, 0.3) is 11.8 Å². The van der Waals surface area contributed by atoms with Crippen molar-refractivity contribution < 1.29 is 19.9 Å². The van der Waals surface area contributed by atoms with Gasteiger partial charge in [0.05, 0.1) is 5.56 Å². The lowest BCUT2D eigenvalue weighted by molar-refractivity contribution is 0.0706. The molecule has 138 valence electrons. The molecule has 6 nitrogen and oxygen atoms in total. The third kappa shape index (κ3) is 5.07. The molecule has 0 saturated carbocycles. The number of phenolic OH excluding ortho intramolecular Hbond substituents is 1. The maximum atomic E-state index is 12.3. The number of carbonyl (C=O) groups excluding carboxylic acids is 2. The molecule has 26 heavy (non-hydrogen) atoms. The van der Waals surface area contributed by atoms with Crippen LogP contribution < -0.4 is 10.8 Å². The molecule has 6 heteroatoms. The maximum absolute atomic E-state index is 12.3. The highest BCUT2D eigenvalue weighted by molar-refractivity contribution is 5.97. The highest BCUT2D eigenvalue weighted by atomic mass is 16.5. The van der Waals surface area contributed by atoms with E-state index in [0.717, 1.165) is 11.1 Å². The van der Waals surface area contributed by atoms with Gasteiger partial charge in [0, 0.05) is 12.1 Å². The minimum atomic E-state index is -0.555. The van der Waals surface area contributed by atoms with E-state index in [2.05, 4.69) is 5.32 Å². The van der Waals surface area contributed by atoms with Gasteiger partial charge in [-0.25, -0.2) is 5.48 Å². The summed E-state index contributed by atoms with van der Waals surface area (Å²) in [5, 5.41) is 21.4. The Hall–Kier alpha value is -2.86. The number of hydrogen-bond acceptors (Lipinski definition) is 4. The van der Waals surface area contributed by atoms with Crippen molar-refractivity contribution in [2.75, 3.05) is 6.54 Å². The topological polar surface area (TPSA) is 98.7 Å². The van der Waals surface area contributed by atoms with Gasteiger partial charge < -0.3 is 10.4 Å². The van der Waals surface area contributed by atoms with Crippen molar-refractivity contribution in [3.63, 3.8) is 0 Å². The predicted octanol–water partition coefficient (Wildman–Crippen LogP) is 3.00. The van der Waals surface area contributed by atoms with Crippen molar-refractivity contribution in [3.8, 4) is 5.75 Å². The molecule has 2 rings (SSSR count). The van der Waals surface area contributed by atoms with Crippen molar-refractivity contribution in [1.29, 1.82) is 0 Å². The van der Waals surface area contributed by atoms with E-state index < -0.39 is 5.91 Å². The molecule has 0 heterocycles. The van der Waals surface area contributed by atoms with Crippen LogP contribution in [0.5, 0.6) is 5.75 Å². The van der Waals surface area contributed by atoms with Gasteiger partial charge in [-0.1, -0.05) is 32.0 Å². The minimum Gasteiger partial charge on any atom is -0.507 e. The smallest absolute Gasteiger partial charge is 0.274 e. The summed E-state index contributed by atoms with van der Waals surface area (Å²) in [7, 11) is 0. The molecule has 0 aliphatic heterocycles. The Labute approximate surface area is 152 Å². The van der Waals surface area contributed by atoms with Gasteiger partial charge in [-0.15, -0.1) is 0 Å². The molecule has 0 bridgehead atoms. The van der Waals surface area contributed by atoms with E-state index >= 15 is 0 Å². The number of aromatic hydroxyl groups is 1. The zero-order valence-electron chi connectivity index (χ0n) is 15.0. The monoisotopic (exact) mass is 356 g/mol. The van der Waals surface area contributed by atoms with Crippen molar-refractivity contribution >= 4 is 11.8 Å². The van der Waals surface area contributed by atoms with Crippen LogP contribution in [0.1, 0.15) is 58.0 Å². The number of rotatable bonds is 7. The third-order valence-corrected chi connectivity index (χ3v) is 4.15. The van der Waals surface area contributed by atoms with Gasteiger partial charge in [-0.3, -0.25) is 14.8 Å². The number of amides is 2. The van der Waals surface area contributed by atoms with Crippen LogP contribution in [0, 0.1) is 0 Å². The summed E-state index contributed by atoms with van der Waals surface area (Å²) >= 11 is 0. The number of hydroxylamine groups is 1. The second kappa shape index (κ2) is 9.01. The Kier molecular flexibility index (Phi) is 6.74. The molecule has 0 unspecified atom stereocenters. The first-order valence-electron chi connectivity index (χ1n) is 8.57. The highest BCUT2D eigenvalue weighted by Gasteiger charge is 2.13. The van der Waals surface area contributed by atoms with E-state index in [1.165, 1.54) is 0 Å². The first kappa shape index (κ1) is 19.5. The second-order valence-corrected chi connectivity index (χ2v) is 6.43. The summed E-state index contributed by atoms with van der Waals surface area (Å²) in [5.74, 6) is -0.626. The number of carbonyl (C=O) groups is 2. The van der Waals surface area contributed by atoms with Crippen LogP contribution in [0.15, 0.2) is 42.5 Å². The van der Waals surface area contributed by atoms with Gasteiger partial charge in [0.2, 0.25) is 0 Å². The standard InChI is InChI=1S/C20H24N2O4/c1-13(2)15-8-9-18(23)17(12-15)20(25)21-10-4-6-14-5-3-7-16(11-14)19(24)22-26/h3,5,7-9,11-13,23,26H,4,6,10H2,1-2H3,(H,21,25)(H,22,24). The fourth-order valence-corrected chi connectivity index (χ4v) is 2.62. The van der Waals surface area contributed by atoms with E-state index in [1.54, 1.807) is 35.8 Å². The number of aryl methyl sites for hydroxylation is 1. The van der Waals surface area contributed by atoms with Crippen LogP contribution in [0.2, 0.25) is 0 Å². The minimum absolute atomic E-state index is 0.0328. The molecule has 0 saturated heterocycles. The number of hydrogen-bond donors (Lipinski definition) is 4. The van der Waals surface area contributed by atoms with Crippen LogP contribution in [0.3, 0.4) is 0 Å². The molecule has 0 radical (unpaired) electrons. The molecule has 4 N–H and O–H groups in total. The predicted molar refractivity (Wildman–Crippen MR) is 98.5 cm³/mol. The molecule has 2 aromatic rings. The zero-order valence-corrected chi connectivity index (χ0v) is 15.0. The largest absolute Gasteiger partial charge is 0.507 e. The van der Waals surface area contributed by atoms with Crippen molar-refractivity contribution in [2.45, 2.75) is 32.6 Å². The maximum Gasteiger partial charge on any atom is 0.274 e.